The van der Waals surface area contributed by atoms with Crippen molar-refractivity contribution in [2.45, 2.75) is 37.9 Å². The lowest BCUT2D eigenvalue weighted by atomic mass is 10.0. The number of hydrogen-bond acceptors (Lipinski definition) is 6. The lowest BCUT2D eigenvalue weighted by Gasteiger charge is -2.40. The van der Waals surface area contributed by atoms with E-state index >= 15 is 0 Å². The van der Waals surface area contributed by atoms with Gasteiger partial charge in [0.05, 0.1) is 29.0 Å². The number of fused-ring (bicyclic) bond motifs is 3. The van der Waals surface area contributed by atoms with Crippen molar-refractivity contribution in [2.75, 3.05) is 12.4 Å². The second-order valence-electron chi connectivity index (χ2n) is 9.86. The van der Waals surface area contributed by atoms with Gasteiger partial charge in [0.2, 0.25) is 11.9 Å². The number of nitrogens with one attached hydrogen (secondary N) is 3. The quantitative estimate of drug-likeness (QED) is 0.393. The number of aromatic nitrogens is 1. The van der Waals surface area contributed by atoms with E-state index in [1.165, 1.54) is 6.07 Å². The first-order valence-electron chi connectivity index (χ1n) is 12.9. The number of hydrogen-bond donors (Lipinski definition) is 3. The van der Waals surface area contributed by atoms with Gasteiger partial charge in [0, 0.05) is 24.8 Å². The third-order valence-corrected chi connectivity index (χ3v) is 7.47. The van der Waals surface area contributed by atoms with Crippen LogP contribution in [0.5, 0.6) is 0 Å². The number of benzene rings is 2. The molecule has 2 unspecified atom stereocenters. The van der Waals surface area contributed by atoms with Gasteiger partial charge in [-0.25, -0.2) is 9.98 Å². The smallest absolute Gasteiger partial charge is 0.213 e. The Hall–Kier alpha value is -4.46. The molecule has 7 nitrogen and oxygen atoms in total. The van der Waals surface area contributed by atoms with Crippen LogP contribution >= 0.6 is 0 Å². The molecule has 3 aromatic rings. The van der Waals surface area contributed by atoms with Crippen LogP contribution in [0.25, 0.3) is 11.3 Å². The summed E-state index contributed by atoms with van der Waals surface area (Å²) in [4.78, 5) is 13.0. The predicted molar refractivity (Wildman–Crippen MR) is 149 cm³/mol. The molecule has 3 N–H and O–H groups in total. The molecule has 2 aromatic carbocycles. The van der Waals surface area contributed by atoms with Crippen LogP contribution in [0.4, 0.5) is 10.1 Å². The normalized spacial score (nSPS) is 21.7. The predicted octanol–water partition coefficient (Wildman–Crippen LogP) is 5.33. The van der Waals surface area contributed by atoms with Crippen molar-refractivity contribution in [2.24, 2.45) is 4.99 Å². The lowest BCUT2D eigenvalue weighted by Crippen LogP contribution is -2.53. The highest BCUT2D eigenvalue weighted by atomic mass is 19.1. The largest absolute Gasteiger partial charge is 0.367 e. The first-order valence-corrected chi connectivity index (χ1v) is 12.9. The fourth-order valence-electron chi connectivity index (χ4n) is 5.47. The number of likely N-dealkylation sites (N-methyl/N-ethyl adjacent to an activating group) is 1. The average molecular weight is 508 g/mol. The van der Waals surface area contributed by atoms with Crippen molar-refractivity contribution in [3.8, 4) is 11.3 Å². The Bertz CT molecular complexity index is 1440. The monoisotopic (exact) mass is 507 g/mol. The van der Waals surface area contributed by atoms with Crippen LogP contribution in [0, 0.1) is 11.4 Å². The van der Waals surface area contributed by atoms with E-state index in [1.54, 1.807) is 12.1 Å². The number of pyridine rings is 1. The molecule has 0 radical (unpaired) electrons. The van der Waals surface area contributed by atoms with Crippen LogP contribution in [0.3, 0.4) is 0 Å². The summed E-state index contributed by atoms with van der Waals surface area (Å²) < 4.78 is 13.6. The van der Waals surface area contributed by atoms with Crippen LogP contribution < -0.4 is 10.6 Å². The molecule has 2 fully saturated rings. The Labute approximate surface area is 221 Å². The van der Waals surface area contributed by atoms with Gasteiger partial charge >= 0.3 is 0 Å². The maximum atomic E-state index is 13.6. The van der Waals surface area contributed by atoms with Crippen LogP contribution in [0.15, 0.2) is 101 Å². The molecule has 0 amide bonds. The fraction of sp³-hybridized carbons (Fsp3) is 0.233. The summed E-state index contributed by atoms with van der Waals surface area (Å²) >= 11 is 0. The summed E-state index contributed by atoms with van der Waals surface area (Å²) in [5.41, 5.74) is 4.86. The van der Waals surface area contributed by atoms with Crippen molar-refractivity contribution in [3.05, 3.63) is 108 Å². The minimum atomic E-state index is -0.494. The summed E-state index contributed by atoms with van der Waals surface area (Å²) in [5.74, 6) is 1.46. The van der Waals surface area contributed by atoms with Crippen LogP contribution in [0.2, 0.25) is 0 Å². The second-order valence-corrected chi connectivity index (χ2v) is 9.86. The summed E-state index contributed by atoms with van der Waals surface area (Å²) in [6.45, 7) is 4.87. The van der Waals surface area contributed by atoms with Gasteiger partial charge in [-0.1, -0.05) is 55.1 Å². The van der Waals surface area contributed by atoms with E-state index < -0.39 is 5.95 Å². The number of halogens is 1. The van der Waals surface area contributed by atoms with E-state index in [0.717, 1.165) is 59.1 Å². The molecule has 8 heteroatoms. The topological polar surface area (TPSA) is 79.6 Å². The first-order chi connectivity index (χ1) is 18.5. The number of guanidine groups is 1. The van der Waals surface area contributed by atoms with Crippen molar-refractivity contribution in [3.63, 3.8) is 0 Å². The average Bonchev–Trinajstić information content (AvgIpc) is 3.53. The molecule has 3 heterocycles. The van der Waals surface area contributed by atoms with E-state index in [1.807, 2.05) is 66.5 Å². The van der Waals surface area contributed by atoms with Gasteiger partial charge in [-0.15, -0.1) is 0 Å². The molecule has 3 aliphatic rings. The van der Waals surface area contributed by atoms with Gasteiger partial charge in [-0.3, -0.25) is 10.3 Å². The van der Waals surface area contributed by atoms with Gasteiger partial charge in [0.25, 0.3) is 0 Å². The molecule has 1 aromatic heterocycles. The molecule has 1 aliphatic carbocycles. The molecule has 1 saturated carbocycles. The highest BCUT2D eigenvalue weighted by molar-refractivity contribution is 6.14. The highest BCUT2D eigenvalue weighted by Crippen LogP contribution is 2.38. The minimum Gasteiger partial charge on any atom is -0.367 e. The number of rotatable bonds is 6. The number of amidine groups is 1. The Balaban J connectivity index is 1.30. The molecule has 6 rings (SSSR count). The number of para-hydroxylation sites is 1. The van der Waals surface area contributed by atoms with Crippen molar-refractivity contribution < 1.29 is 4.39 Å². The van der Waals surface area contributed by atoms with Crippen LogP contribution in [-0.2, 0) is 6.54 Å². The van der Waals surface area contributed by atoms with Crippen LogP contribution in [-0.4, -0.2) is 45.7 Å². The zero-order valence-electron chi connectivity index (χ0n) is 21.3. The minimum absolute atomic E-state index is 0.227. The standard InChI is InChI=1S/C30H30FN7/c1-19-27(28(32)38-25-12-6-11-24(25)36-30(38)37(19)2)29(34-22-8-4-3-5-9-22)33-18-20-14-16-21(17-15-20)23-10-7-13-26(31)35-23/h3-5,7-10,13-17,24-25,32-34H,1,6,11-12,18H2,2H3/b29-27+,32-28?. The third kappa shape index (κ3) is 4.32. The van der Waals surface area contributed by atoms with Crippen molar-refractivity contribution in [1.29, 1.82) is 5.41 Å². The zero-order valence-corrected chi connectivity index (χ0v) is 21.3. The maximum absolute atomic E-state index is 13.6. The molecule has 192 valence electrons. The third-order valence-electron chi connectivity index (χ3n) is 7.47. The van der Waals surface area contributed by atoms with Crippen molar-refractivity contribution in [1.82, 2.24) is 20.1 Å². The van der Waals surface area contributed by atoms with Crippen molar-refractivity contribution >= 4 is 17.5 Å². The van der Waals surface area contributed by atoms with Gasteiger partial charge < -0.3 is 15.5 Å². The van der Waals surface area contributed by atoms with E-state index in [-0.39, 0.29) is 12.1 Å². The van der Waals surface area contributed by atoms with E-state index in [0.29, 0.717) is 18.1 Å². The Morgan fingerprint density at radius 1 is 1.05 bits per heavy atom. The van der Waals surface area contributed by atoms with E-state index in [9.17, 15) is 9.80 Å². The van der Waals surface area contributed by atoms with Gasteiger partial charge in [0.1, 0.15) is 11.7 Å². The molecule has 2 aliphatic heterocycles. The molecule has 2 atom stereocenters. The van der Waals surface area contributed by atoms with Gasteiger partial charge in [0.15, 0.2) is 0 Å². The summed E-state index contributed by atoms with van der Waals surface area (Å²) in [7, 11) is 1.97. The van der Waals surface area contributed by atoms with E-state index in [4.69, 9.17) is 4.99 Å². The van der Waals surface area contributed by atoms with Crippen LogP contribution in [0.1, 0.15) is 24.8 Å². The highest BCUT2D eigenvalue weighted by Gasteiger charge is 2.47. The Morgan fingerprint density at radius 3 is 2.61 bits per heavy atom. The number of aliphatic imine (C=N–C) groups is 1. The summed E-state index contributed by atoms with van der Waals surface area (Å²) in [5, 5.41) is 16.3. The molecular formula is C30H30FN7. The second kappa shape index (κ2) is 9.78. The number of anilines is 1. The maximum Gasteiger partial charge on any atom is 0.213 e. The summed E-state index contributed by atoms with van der Waals surface area (Å²) in [6.07, 6.45) is 3.23. The summed E-state index contributed by atoms with van der Waals surface area (Å²) in [6, 6.07) is 23.1. The molecule has 1 saturated heterocycles. The Morgan fingerprint density at radius 2 is 1.84 bits per heavy atom. The molecule has 0 spiro atoms. The lowest BCUT2D eigenvalue weighted by molar-refractivity contribution is 0.402. The first kappa shape index (κ1) is 23.9. The SMILES string of the molecule is C=C1/C(=C(/NCc2ccc(-c3cccc(F)n3)cc2)Nc2ccccc2)C(=N)N2C(=NC3CCCC32)N1C. The molecular weight excluding hydrogens is 477 g/mol. The van der Waals surface area contributed by atoms with Gasteiger partial charge in [-0.05, 0) is 49.1 Å². The molecule has 38 heavy (non-hydrogen) atoms. The Kier molecular flexibility index (Phi) is 6.15. The molecule has 0 bridgehead atoms. The number of nitrogens with zero attached hydrogens (tertiary/aromatic N) is 4. The van der Waals surface area contributed by atoms with E-state index in [2.05, 4.69) is 27.1 Å². The van der Waals surface area contributed by atoms with Gasteiger partial charge in [-0.2, -0.15) is 4.39 Å². The zero-order chi connectivity index (χ0) is 26.2. The fourth-order valence-corrected chi connectivity index (χ4v) is 5.47.